The molecule has 23 heavy (non-hydrogen) atoms. The van der Waals surface area contributed by atoms with E-state index in [1.54, 1.807) is 31.2 Å². The van der Waals surface area contributed by atoms with E-state index in [1.165, 1.54) is 18.4 Å². The van der Waals surface area contributed by atoms with Gasteiger partial charge in [-0.2, -0.15) is 0 Å². The molecule has 0 aliphatic heterocycles. The molecule has 1 aromatic carbocycles. The minimum absolute atomic E-state index is 0.0709. The van der Waals surface area contributed by atoms with E-state index in [0.717, 1.165) is 0 Å². The molecular weight excluding hydrogens is 301 g/mol. The van der Waals surface area contributed by atoms with E-state index < -0.39 is 5.97 Å². The van der Waals surface area contributed by atoms with E-state index in [0.29, 0.717) is 17.0 Å². The van der Waals surface area contributed by atoms with Gasteiger partial charge in [0.25, 0.3) is 0 Å². The summed E-state index contributed by atoms with van der Waals surface area (Å²) in [4.78, 5) is 15.9. The number of nitrogens with two attached hydrogens (primary N) is 1. The van der Waals surface area contributed by atoms with Crippen LogP contribution in [0.3, 0.4) is 0 Å². The fraction of sp³-hybridized carbons (Fsp3) is 0.188. The Labute approximate surface area is 132 Å². The Hall–Kier alpha value is -2.96. The number of carbonyl (C=O) groups excluding carboxylic acids is 1. The molecule has 6 nitrogen and oxygen atoms in total. The molecule has 0 saturated carbocycles. The highest BCUT2D eigenvalue weighted by molar-refractivity contribution is 6.10. The second-order valence-electron chi connectivity index (χ2n) is 4.50. The quantitative estimate of drug-likeness (QED) is 0.501. The van der Waals surface area contributed by atoms with Gasteiger partial charge in [-0.15, -0.1) is 0 Å². The molecule has 0 radical (unpaired) electrons. The predicted octanol–water partition coefficient (Wildman–Crippen LogP) is 2.21. The van der Waals surface area contributed by atoms with Gasteiger partial charge in [0.05, 0.1) is 18.9 Å². The van der Waals surface area contributed by atoms with E-state index in [2.05, 4.69) is 10.1 Å². The van der Waals surface area contributed by atoms with E-state index in [4.69, 9.17) is 15.0 Å². The fourth-order valence-corrected chi connectivity index (χ4v) is 1.76. The summed E-state index contributed by atoms with van der Waals surface area (Å²) in [6, 6.07) is 7.85. The van der Waals surface area contributed by atoms with E-state index in [1.807, 2.05) is 0 Å². The molecule has 0 aliphatic carbocycles. The van der Waals surface area contributed by atoms with E-state index >= 15 is 0 Å². The lowest BCUT2D eigenvalue weighted by molar-refractivity contribution is -0.138. The van der Waals surface area contributed by atoms with Crippen molar-refractivity contribution in [2.75, 3.05) is 6.61 Å². The Morgan fingerprint density at radius 3 is 2.87 bits per heavy atom. The minimum Gasteiger partial charge on any atom is -0.461 e. The highest BCUT2D eigenvalue weighted by atomic mass is 19.1. The number of allylic oxidation sites excluding steroid dienone is 1. The van der Waals surface area contributed by atoms with Crippen molar-refractivity contribution in [3.05, 3.63) is 65.4 Å². The Morgan fingerprint density at radius 2 is 2.22 bits per heavy atom. The summed E-state index contributed by atoms with van der Waals surface area (Å²) in [5.41, 5.74) is 6.65. The van der Waals surface area contributed by atoms with Crippen LogP contribution in [0.25, 0.3) is 0 Å². The lowest BCUT2D eigenvalue weighted by Crippen LogP contribution is -2.17. The first-order chi connectivity index (χ1) is 11.1. The maximum absolute atomic E-state index is 13.7. The average molecular weight is 317 g/mol. The van der Waals surface area contributed by atoms with Crippen LogP contribution in [-0.4, -0.2) is 23.4 Å². The number of aliphatic imine (C=N–C) groups is 1. The molecule has 7 heteroatoms. The third-order valence-corrected chi connectivity index (χ3v) is 2.88. The number of hydrogen-bond acceptors (Lipinski definition) is 6. The number of carbonyl (C=O) groups is 1. The molecule has 0 unspecified atom stereocenters. The number of benzene rings is 1. The Balaban J connectivity index is 2.28. The predicted molar refractivity (Wildman–Crippen MR) is 82.0 cm³/mol. The molecule has 1 aromatic heterocycles. The van der Waals surface area contributed by atoms with E-state index in [9.17, 15) is 9.18 Å². The number of halogens is 1. The molecule has 0 amide bonds. The van der Waals surface area contributed by atoms with Crippen LogP contribution >= 0.6 is 0 Å². The smallest absolute Gasteiger partial charge is 0.354 e. The van der Waals surface area contributed by atoms with Gasteiger partial charge >= 0.3 is 5.97 Å². The molecule has 0 spiro atoms. The van der Waals surface area contributed by atoms with Gasteiger partial charge in [-0.3, -0.25) is 4.99 Å². The first-order valence-electron chi connectivity index (χ1n) is 6.94. The first kappa shape index (κ1) is 16.4. The van der Waals surface area contributed by atoms with Crippen molar-refractivity contribution >= 4 is 11.7 Å². The highest BCUT2D eigenvalue weighted by Crippen LogP contribution is 2.10. The molecule has 120 valence electrons. The van der Waals surface area contributed by atoms with Crippen LogP contribution < -0.4 is 5.73 Å². The number of aromatic nitrogens is 1. The number of rotatable bonds is 6. The number of nitrogens with zero attached hydrogens (tertiary/aromatic N) is 2. The van der Waals surface area contributed by atoms with Crippen molar-refractivity contribution in [2.24, 2.45) is 10.7 Å². The summed E-state index contributed by atoms with van der Waals surface area (Å²) in [6.45, 7) is 1.95. The van der Waals surface area contributed by atoms with E-state index in [-0.39, 0.29) is 24.7 Å². The molecule has 0 fully saturated rings. The standard InChI is InChI=1S/C16H16FN3O3/c1-2-22-16(21)13(18)9-15(14-7-8-23-20-14)19-10-11-5-3-4-6-12(11)17/h3-9H,2,10,18H2,1H3. The van der Waals surface area contributed by atoms with Crippen LogP contribution in [-0.2, 0) is 16.1 Å². The van der Waals surface area contributed by atoms with Gasteiger partial charge in [0.1, 0.15) is 23.5 Å². The number of hydrogen-bond donors (Lipinski definition) is 1. The van der Waals surface area contributed by atoms with Crippen molar-refractivity contribution in [3.8, 4) is 0 Å². The molecule has 2 N–H and O–H groups in total. The molecule has 2 rings (SSSR count). The Morgan fingerprint density at radius 1 is 1.43 bits per heavy atom. The van der Waals surface area contributed by atoms with Crippen molar-refractivity contribution in [1.82, 2.24) is 5.16 Å². The van der Waals surface area contributed by atoms with Crippen LogP contribution in [0, 0.1) is 5.82 Å². The maximum Gasteiger partial charge on any atom is 0.354 e. The summed E-state index contributed by atoms with van der Waals surface area (Å²) in [5, 5.41) is 3.76. The topological polar surface area (TPSA) is 90.7 Å². The summed E-state index contributed by atoms with van der Waals surface area (Å²) in [7, 11) is 0. The molecule has 0 atom stereocenters. The van der Waals surface area contributed by atoms with Gasteiger partial charge in [-0.05, 0) is 19.1 Å². The van der Waals surface area contributed by atoms with Crippen LogP contribution in [0.1, 0.15) is 18.2 Å². The minimum atomic E-state index is -0.658. The van der Waals surface area contributed by atoms with Crippen molar-refractivity contribution in [3.63, 3.8) is 0 Å². The lowest BCUT2D eigenvalue weighted by atomic mass is 10.2. The van der Waals surface area contributed by atoms with Crippen molar-refractivity contribution in [2.45, 2.75) is 13.5 Å². The largest absolute Gasteiger partial charge is 0.461 e. The normalized spacial score (nSPS) is 12.3. The zero-order valence-electron chi connectivity index (χ0n) is 12.5. The van der Waals surface area contributed by atoms with Crippen molar-refractivity contribution in [1.29, 1.82) is 0 Å². The molecule has 0 aliphatic rings. The van der Waals surface area contributed by atoms with Crippen LogP contribution in [0.5, 0.6) is 0 Å². The Kier molecular flexibility index (Phi) is 5.62. The van der Waals surface area contributed by atoms with Gasteiger partial charge in [0.2, 0.25) is 0 Å². The fourth-order valence-electron chi connectivity index (χ4n) is 1.76. The highest BCUT2D eigenvalue weighted by Gasteiger charge is 2.11. The molecular formula is C16H16FN3O3. The summed E-state index contributed by atoms with van der Waals surface area (Å²) >= 11 is 0. The molecule has 0 bridgehead atoms. The average Bonchev–Trinajstić information content (AvgIpc) is 3.07. The van der Waals surface area contributed by atoms with Crippen LogP contribution in [0.15, 0.2) is 57.9 Å². The lowest BCUT2D eigenvalue weighted by Gasteiger charge is -2.03. The van der Waals surface area contributed by atoms with Crippen LogP contribution in [0.4, 0.5) is 4.39 Å². The molecule has 1 heterocycles. The first-order valence-corrected chi connectivity index (χ1v) is 6.94. The van der Waals surface area contributed by atoms with Crippen molar-refractivity contribution < 1.29 is 18.4 Å². The van der Waals surface area contributed by atoms with Gasteiger partial charge in [-0.1, -0.05) is 23.4 Å². The molecule has 0 saturated heterocycles. The zero-order chi connectivity index (χ0) is 16.7. The van der Waals surface area contributed by atoms with Gasteiger partial charge in [0, 0.05) is 11.6 Å². The van der Waals surface area contributed by atoms with Gasteiger partial charge in [0.15, 0.2) is 0 Å². The third kappa shape index (κ3) is 4.50. The Bertz CT molecular complexity index is 724. The summed E-state index contributed by atoms with van der Waals surface area (Å²) in [5.74, 6) is -1.02. The zero-order valence-corrected chi connectivity index (χ0v) is 12.5. The number of ether oxygens (including phenoxy) is 1. The second kappa shape index (κ2) is 7.88. The second-order valence-corrected chi connectivity index (χ2v) is 4.50. The third-order valence-electron chi connectivity index (χ3n) is 2.88. The van der Waals surface area contributed by atoms with Gasteiger partial charge < -0.3 is 15.0 Å². The summed E-state index contributed by atoms with van der Waals surface area (Å²) in [6.07, 6.45) is 2.69. The summed E-state index contributed by atoms with van der Waals surface area (Å²) < 4.78 is 23.2. The molecule has 2 aromatic rings. The maximum atomic E-state index is 13.7. The monoisotopic (exact) mass is 317 g/mol. The SMILES string of the molecule is CCOC(=O)C(N)=CC(=NCc1ccccc1F)c1ccon1. The van der Waals surface area contributed by atoms with Gasteiger partial charge in [-0.25, -0.2) is 9.18 Å². The van der Waals surface area contributed by atoms with Crippen LogP contribution in [0.2, 0.25) is 0 Å². The number of esters is 1.